The van der Waals surface area contributed by atoms with Crippen molar-refractivity contribution in [1.29, 1.82) is 0 Å². The largest absolute Gasteiger partial charge is 0.478 e. The van der Waals surface area contributed by atoms with E-state index in [9.17, 15) is 0 Å². The summed E-state index contributed by atoms with van der Waals surface area (Å²) in [5.74, 6) is 1.61. The number of rotatable bonds is 4. The Labute approximate surface area is 84.5 Å². The van der Waals surface area contributed by atoms with E-state index >= 15 is 0 Å². The summed E-state index contributed by atoms with van der Waals surface area (Å²) in [6, 6.07) is 1.86. The molecule has 1 unspecified atom stereocenters. The van der Waals surface area contributed by atoms with Crippen molar-refractivity contribution in [2.45, 2.75) is 26.7 Å². The maximum atomic E-state index is 5.58. The van der Waals surface area contributed by atoms with Crippen molar-refractivity contribution in [2.75, 3.05) is 13.2 Å². The van der Waals surface area contributed by atoms with Gasteiger partial charge in [-0.3, -0.25) is 0 Å². The number of aryl methyl sites for hydroxylation is 1. The summed E-state index contributed by atoms with van der Waals surface area (Å²) < 4.78 is 5.33. The maximum Gasteiger partial charge on any atom is 0.216 e. The van der Waals surface area contributed by atoms with E-state index in [1.807, 2.05) is 26.8 Å². The topological polar surface area (TPSA) is 61.0 Å². The quantitative estimate of drug-likeness (QED) is 0.785. The SMILES string of the molecule is CCOc1cc(C(C)CN)nc(C)n1. The molecular formula is C10H17N3O. The molecule has 1 aromatic heterocycles. The lowest BCUT2D eigenvalue weighted by Crippen LogP contribution is -2.12. The van der Waals surface area contributed by atoms with Crippen LogP contribution in [0.15, 0.2) is 6.07 Å². The summed E-state index contributed by atoms with van der Waals surface area (Å²) in [6.07, 6.45) is 0. The second-order valence-corrected chi connectivity index (χ2v) is 3.25. The summed E-state index contributed by atoms with van der Waals surface area (Å²) in [6.45, 7) is 7.03. The van der Waals surface area contributed by atoms with Crippen LogP contribution in [0.5, 0.6) is 5.88 Å². The first-order valence-electron chi connectivity index (χ1n) is 4.85. The highest BCUT2D eigenvalue weighted by Crippen LogP contribution is 2.16. The van der Waals surface area contributed by atoms with E-state index in [0.717, 1.165) is 11.5 Å². The fourth-order valence-electron chi connectivity index (χ4n) is 1.16. The molecule has 4 nitrogen and oxygen atoms in total. The van der Waals surface area contributed by atoms with Gasteiger partial charge in [-0.2, -0.15) is 4.98 Å². The number of aromatic nitrogens is 2. The molecule has 1 aromatic rings. The zero-order valence-corrected chi connectivity index (χ0v) is 8.95. The first-order valence-corrected chi connectivity index (χ1v) is 4.85. The van der Waals surface area contributed by atoms with E-state index in [2.05, 4.69) is 9.97 Å². The lowest BCUT2D eigenvalue weighted by Gasteiger charge is -2.10. The summed E-state index contributed by atoms with van der Waals surface area (Å²) in [7, 11) is 0. The van der Waals surface area contributed by atoms with Gasteiger partial charge in [-0.05, 0) is 13.8 Å². The van der Waals surface area contributed by atoms with Gasteiger partial charge in [0.2, 0.25) is 5.88 Å². The van der Waals surface area contributed by atoms with Gasteiger partial charge in [0.15, 0.2) is 0 Å². The van der Waals surface area contributed by atoms with Crippen molar-refractivity contribution in [3.05, 3.63) is 17.6 Å². The molecule has 0 fully saturated rings. The first-order chi connectivity index (χ1) is 6.67. The summed E-state index contributed by atoms with van der Waals surface area (Å²) in [4.78, 5) is 8.48. The van der Waals surface area contributed by atoms with Crippen molar-refractivity contribution >= 4 is 0 Å². The number of hydrogen-bond donors (Lipinski definition) is 1. The maximum absolute atomic E-state index is 5.58. The van der Waals surface area contributed by atoms with Crippen LogP contribution in [0, 0.1) is 6.92 Å². The normalized spacial score (nSPS) is 12.6. The zero-order valence-electron chi connectivity index (χ0n) is 8.95. The zero-order chi connectivity index (χ0) is 10.6. The van der Waals surface area contributed by atoms with Crippen molar-refractivity contribution in [1.82, 2.24) is 9.97 Å². The molecule has 0 saturated heterocycles. The molecule has 0 amide bonds. The van der Waals surface area contributed by atoms with Crippen LogP contribution in [0.4, 0.5) is 0 Å². The molecule has 0 aliphatic heterocycles. The Kier molecular flexibility index (Phi) is 3.83. The van der Waals surface area contributed by atoms with Gasteiger partial charge < -0.3 is 10.5 Å². The minimum absolute atomic E-state index is 0.246. The highest BCUT2D eigenvalue weighted by Gasteiger charge is 2.08. The fraction of sp³-hybridized carbons (Fsp3) is 0.600. The van der Waals surface area contributed by atoms with Crippen LogP contribution in [-0.4, -0.2) is 23.1 Å². The summed E-state index contributed by atoms with van der Waals surface area (Å²) >= 11 is 0. The Hall–Kier alpha value is -1.16. The van der Waals surface area contributed by atoms with E-state index in [1.54, 1.807) is 0 Å². The van der Waals surface area contributed by atoms with Gasteiger partial charge >= 0.3 is 0 Å². The van der Waals surface area contributed by atoms with E-state index in [-0.39, 0.29) is 5.92 Å². The second kappa shape index (κ2) is 4.91. The van der Waals surface area contributed by atoms with Crippen LogP contribution < -0.4 is 10.5 Å². The third-order valence-corrected chi connectivity index (χ3v) is 1.98. The van der Waals surface area contributed by atoms with Crippen molar-refractivity contribution in [3.63, 3.8) is 0 Å². The third-order valence-electron chi connectivity index (χ3n) is 1.98. The molecule has 1 atom stereocenters. The predicted molar refractivity (Wildman–Crippen MR) is 55.4 cm³/mol. The lowest BCUT2D eigenvalue weighted by molar-refractivity contribution is 0.324. The molecular weight excluding hydrogens is 178 g/mol. The molecule has 4 heteroatoms. The van der Waals surface area contributed by atoms with Gasteiger partial charge in [-0.15, -0.1) is 0 Å². The van der Waals surface area contributed by atoms with E-state index < -0.39 is 0 Å². The summed E-state index contributed by atoms with van der Waals surface area (Å²) in [5.41, 5.74) is 6.52. The smallest absolute Gasteiger partial charge is 0.216 e. The predicted octanol–water partition coefficient (Wildman–Crippen LogP) is 1.25. The van der Waals surface area contributed by atoms with Gasteiger partial charge in [0, 0.05) is 18.5 Å². The Morgan fingerprint density at radius 2 is 2.21 bits per heavy atom. The Bertz CT molecular complexity index is 301. The highest BCUT2D eigenvalue weighted by molar-refractivity contribution is 5.19. The molecule has 14 heavy (non-hydrogen) atoms. The van der Waals surface area contributed by atoms with Gasteiger partial charge in [-0.25, -0.2) is 4.98 Å². The number of nitrogens with zero attached hydrogens (tertiary/aromatic N) is 2. The van der Waals surface area contributed by atoms with E-state index in [0.29, 0.717) is 19.0 Å². The third kappa shape index (κ3) is 2.67. The standard InChI is InChI=1S/C10H17N3O/c1-4-14-10-5-9(7(2)6-11)12-8(3)13-10/h5,7H,4,6,11H2,1-3H3. The molecule has 0 spiro atoms. The molecule has 0 saturated carbocycles. The Morgan fingerprint density at radius 1 is 1.50 bits per heavy atom. The van der Waals surface area contributed by atoms with Crippen LogP contribution in [-0.2, 0) is 0 Å². The first kappa shape index (κ1) is 10.9. The molecule has 0 aromatic carbocycles. The molecule has 0 radical (unpaired) electrons. The second-order valence-electron chi connectivity index (χ2n) is 3.25. The lowest BCUT2D eigenvalue weighted by atomic mass is 10.1. The molecule has 2 N–H and O–H groups in total. The van der Waals surface area contributed by atoms with Crippen LogP contribution in [0.25, 0.3) is 0 Å². The monoisotopic (exact) mass is 195 g/mol. The minimum atomic E-state index is 0.246. The minimum Gasteiger partial charge on any atom is -0.478 e. The Balaban J connectivity index is 2.94. The van der Waals surface area contributed by atoms with Gasteiger partial charge in [-0.1, -0.05) is 6.92 Å². The van der Waals surface area contributed by atoms with Crippen molar-refractivity contribution in [3.8, 4) is 5.88 Å². The molecule has 0 aliphatic carbocycles. The fourth-order valence-corrected chi connectivity index (χ4v) is 1.16. The average Bonchev–Trinajstić information content (AvgIpc) is 2.16. The van der Waals surface area contributed by atoms with Crippen LogP contribution in [0.3, 0.4) is 0 Å². The molecule has 0 aliphatic rings. The Morgan fingerprint density at radius 3 is 2.79 bits per heavy atom. The molecule has 0 bridgehead atoms. The average molecular weight is 195 g/mol. The summed E-state index contributed by atoms with van der Waals surface area (Å²) in [5, 5.41) is 0. The van der Waals surface area contributed by atoms with E-state index in [4.69, 9.17) is 10.5 Å². The molecule has 1 rings (SSSR count). The van der Waals surface area contributed by atoms with E-state index in [1.165, 1.54) is 0 Å². The molecule has 78 valence electrons. The van der Waals surface area contributed by atoms with Crippen molar-refractivity contribution < 1.29 is 4.74 Å². The van der Waals surface area contributed by atoms with Gasteiger partial charge in [0.05, 0.1) is 12.3 Å². The van der Waals surface area contributed by atoms with Crippen LogP contribution >= 0.6 is 0 Å². The highest BCUT2D eigenvalue weighted by atomic mass is 16.5. The number of hydrogen-bond acceptors (Lipinski definition) is 4. The van der Waals surface area contributed by atoms with Gasteiger partial charge in [0.1, 0.15) is 5.82 Å². The van der Waals surface area contributed by atoms with Crippen LogP contribution in [0.1, 0.15) is 31.3 Å². The van der Waals surface area contributed by atoms with Crippen molar-refractivity contribution in [2.24, 2.45) is 5.73 Å². The van der Waals surface area contributed by atoms with Crippen LogP contribution in [0.2, 0.25) is 0 Å². The number of nitrogens with two attached hydrogens (primary N) is 1. The number of ether oxygens (including phenoxy) is 1. The molecule has 1 heterocycles. The van der Waals surface area contributed by atoms with Gasteiger partial charge in [0.25, 0.3) is 0 Å².